The van der Waals surface area contributed by atoms with Gasteiger partial charge in [-0.25, -0.2) is 9.97 Å². The SMILES string of the molecule is CNc1ncc2cc(-c3cc(OC)cc(OC)c3Cl)c(=O)n(CCc3cccc(NC(=O)C(C#N)=CC(C)(C)N)n3)c2n1. The van der Waals surface area contributed by atoms with E-state index in [1.54, 1.807) is 63.5 Å². The summed E-state index contributed by atoms with van der Waals surface area (Å²) in [4.78, 5) is 40.0. The summed E-state index contributed by atoms with van der Waals surface area (Å²) in [7, 11) is 4.68. The molecule has 0 saturated carbocycles. The molecule has 1 amide bonds. The number of benzene rings is 1. The minimum atomic E-state index is -0.848. The van der Waals surface area contributed by atoms with E-state index in [0.29, 0.717) is 51.7 Å². The smallest absolute Gasteiger partial charge is 0.267 e. The largest absolute Gasteiger partial charge is 0.497 e. The first-order chi connectivity index (χ1) is 20.5. The molecule has 43 heavy (non-hydrogen) atoms. The zero-order valence-corrected chi connectivity index (χ0v) is 25.1. The zero-order valence-electron chi connectivity index (χ0n) is 24.4. The maximum Gasteiger partial charge on any atom is 0.267 e. The van der Waals surface area contributed by atoms with Gasteiger partial charge in [0.2, 0.25) is 5.95 Å². The molecule has 3 heterocycles. The fourth-order valence-corrected chi connectivity index (χ4v) is 4.62. The van der Waals surface area contributed by atoms with E-state index < -0.39 is 11.4 Å². The highest BCUT2D eigenvalue weighted by Gasteiger charge is 2.20. The van der Waals surface area contributed by atoms with Gasteiger partial charge in [-0.3, -0.25) is 14.2 Å². The van der Waals surface area contributed by atoms with E-state index in [4.69, 9.17) is 26.8 Å². The molecule has 222 valence electrons. The highest BCUT2D eigenvalue weighted by molar-refractivity contribution is 6.35. The average Bonchev–Trinajstić information content (AvgIpc) is 2.98. The van der Waals surface area contributed by atoms with Crippen LogP contribution in [0.15, 0.2) is 59.0 Å². The normalized spacial score (nSPS) is 11.6. The van der Waals surface area contributed by atoms with Crippen LogP contribution in [0.2, 0.25) is 5.02 Å². The lowest BCUT2D eigenvalue weighted by Crippen LogP contribution is -2.30. The Labute approximate surface area is 253 Å². The summed E-state index contributed by atoms with van der Waals surface area (Å²) >= 11 is 6.65. The van der Waals surface area contributed by atoms with Crippen LogP contribution in [0.25, 0.3) is 22.2 Å². The summed E-state index contributed by atoms with van der Waals surface area (Å²) in [5, 5.41) is 15.8. The van der Waals surface area contributed by atoms with Crippen molar-refractivity contribution in [1.82, 2.24) is 19.5 Å². The van der Waals surface area contributed by atoms with E-state index in [1.807, 2.05) is 6.07 Å². The molecule has 0 saturated heterocycles. The van der Waals surface area contributed by atoms with Gasteiger partial charge in [0.1, 0.15) is 34.6 Å². The number of halogens is 1. The van der Waals surface area contributed by atoms with Crippen LogP contribution in [0.4, 0.5) is 11.8 Å². The standard InChI is InChI=1S/C30H31ClN8O4/c1-30(2,33)14-18(15-32)27(40)37-24-8-6-7-19(36-24)9-10-39-26-17(16-35-29(34-3)38-26)11-22(28(39)41)21-12-20(42-4)13-23(43-5)25(21)31/h6-8,11-14,16H,9-10,33H2,1-5H3,(H,34,35,38)(H,36,37,40). The van der Waals surface area contributed by atoms with Crippen molar-refractivity contribution in [3.05, 3.63) is 75.3 Å². The lowest BCUT2D eigenvalue weighted by Gasteiger charge is -2.16. The van der Waals surface area contributed by atoms with E-state index in [9.17, 15) is 14.9 Å². The number of methoxy groups -OCH3 is 2. The van der Waals surface area contributed by atoms with Gasteiger partial charge >= 0.3 is 0 Å². The lowest BCUT2D eigenvalue weighted by atomic mass is 10.0. The number of nitriles is 1. The fraction of sp³-hybridized carbons (Fsp3) is 0.267. The quantitative estimate of drug-likeness (QED) is 0.178. The average molecular weight is 603 g/mol. The van der Waals surface area contributed by atoms with Crippen LogP contribution in [-0.4, -0.2) is 52.2 Å². The molecule has 0 bridgehead atoms. The predicted octanol–water partition coefficient (Wildman–Crippen LogP) is 3.93. The molecular weight excluding hydrogens is 572 g/mol. The van der Waals surface area contributed by atoms with Crippen molar-refractivity contribution in [3.63, 3.8) is 0 Å². The van der Waals surface area contributed by atoms with Crippen molar-refractivity contribution in [2.45, 2.75) is 32.4 Å². The summed E-state index contributed by atoms with van der Waals surface area (Å²) < 4.78 is 12.3. The second-order valence-corrected chi connectivity index (χ2v) is 10.5. The Kier molecular flexibility index (Phi) is 9.28. The third-order valence-corrected chi connectivity index (χ3v) is 6.72. The van der Waals surface area contributed by atoms with E-state index in [2.05, 4.69) is 25.6 Å². The van der Waals surface area contributed by atoms with Crippen LogP contribution < -0.4 is 31.4 Å². The molecule has 13 heteroatoms. The molecule has 12 nitrogen and oxygen atoms in total. The highest BCUT2D eigenvalue weighted by atomic mass is 35.5. The number of nitrogens with one attached hydrogen (secondary N) is 2. The molecule has 0 radical (unpaired) electrons. The highest BCUT2D eigenvalue weighted by Crippen LogP contribution is 2.38. The van der Waals surface area contributed by atoms with Gasteiger partial charge in [0, 0.05) is 60.0 Å². The Balaban J connectivity index is 1.73. The molecular formula is C30H31ClN8O4. The van der Waals surface area contributed by atoms with Crippen LogP contribution in [0, 0.1) is 11.3 Å². The molecule has 4 N–H and O–H groups in total. The zero-order chi connectivity index (χ0) is 31.3. The Morgan fingerprint density at radius 3 is 2.60 bits per heavy atom. The van der Waals surface area contributed by atoms with E-state index in [0.717, 1.165) is 0 Å². The number of nitrogens with zero attached hydrogens (tertiary/aromatic N) is 5. The topological polar surface area (TPSA) is 170 Å². The first-order valence-corrected chi connectivity index (χ1v) is 13.5. The third kappa shape index (κ3) is 7.09. The number of aromatic nitrogens is 4. The Morgan fingerprint density at radius 1 is 1.19 bits per heavy atom. The van der Waals surface area contributed by atoms with Crippen LogP contribution in [0.5, 0.6) is 11.5 Å². The van der Waals surface area contributed by atoms with Crippen molar-refractivity contribution in [2.24, 2.45) is 5.73 Å². The minimum Gasteiger partial charge on any atom is -0.497 e. The maximum absolute atomic E-state index is 14.0. The number of hydrogen-bond donors (Lipinski definition) is 3. The van der Waals surface area contributed by atoms with Gasteiger partial charge in [0.25, 0.3) is 11.5 Å². The Morgan fingerprint density at radius 2 is 1.95 bits per heavy atom. The van der Waals surface area contributed by atoms with Crippen molar-refractivity contribution < 1.29 is 14.3 Å². The van der Waals surface area contributed by atoms with Gasteiger partial charge in [-0.2, -0.15) is 10.2 Å². The summed E-state index contributed by atoms with van der Waals surface area (Å²) in [6.07, 6.45) is 3.32. The fourth-order valence-electron chi connectivity index (χ4n) is 4.33. The number of carbonyl (C=O) groups excluding carboxylic acids is 1. The Bertz CT molecular complexity index is 1820. The molecule has 0 fully saturated rings. The summed E-state index contributed by atoms with van der Waals surface area (Å²) in [5.41, 5.74) is 6.36. The van der Waals surface area contributed by atoms with Gasteiger partial charge in [-0.05, 0) is 44.2 Å². The molecule has 3 aromatic heterocycles. The second kappa shape index (κ2) is 12.9. The molecule has 0 aliphatic carbocycles. The minimum absolute atomic E-state index is 0.123. The van der Waals surface area contributed by atoms with E-state index >= 15 is 0 Å². The van der Waals surface area contributed by atoms with Gasteiger partial charge in [-0.1, -0.05) is 17.7 Å². The number of amides is 1. The van der Waals surface area contributed by atoms with Crippen LogP contribution in [0.1, 0.15) is 19.5 Å². The predicted molar refractivity (Wildman–Crippen MR) is 165 cm³/mol. The van der Waals surface area contributed by atoms with Crippen LogP contribution >= 0.6 is 11.6 Å². The van der Waals surface area contributed by atoms with Crippen molar-refractivity contribution in [2.75, 3.05) is 31.9 Å². The number of nitrogens with two attached hydrogens (primary N) is 1. The molecule has 1 aromatic carbocycles. The van der Waals surface area contributed by atoms with Crippen LogP contribution in [-0.2, 0) is 17.8 Å². The molecule has 4 rings (SSSR count). The molecule has 0 aliphatic heterocycles. The number of hydrogen-bond acceptors (Lipinski definition) is 10. The van der Waals surface area contributed by atoms with Gasteiger partial charge in [-0.15, -0.1) is 0 Å². The van der Waals surface area contributed by atoms with Crippen molar-refractivity contribution in [1.29, 1.82) is 5.26 Å². The van der Waals surface area contributed by atoms with Gasteiger partial charge in [0.15, 0.2) is 0 Å². The number of pyridine rings is 2. The molecule has 0 unspecified atom stereocenters. The van der Waals surface area contributed by atoms with E-state index in [1.165, 1.54) is 24.9 Å². The first-order valence-electron chi connectivity index (χ1n) is 13.2. The van der Waals surface area contributed by atoms with E-state index in [-0.39, 0.29) is 28.5 Å². The summed E-state index contributed by atoms with van der Waals surface area (Å²) in [5.74, 6) is 0.800. The number of anilines is 2. The second-order valence-electron chi connectivity index (χ2n) is 10.1. The number of ether oxygens (including phenoxy) is 2. The van der Waals surface area contributed by atoms with Crippen molar-refractivity contribution >= 4 is 40.3 Å². The summed E-state index contributed by atoms with van der Waals surface area (Å²) in [6, 6.07) is 12.0. The molecule has 0 spiro atoms. The third-order valence-electron chi connectivity index (χ3n) is 6.33. The Hall–Kier alpha value is -4.99. The van der Waals surface area contributed by atoms with Crippen LogP contribution in [0.3, 0.4) is 0 Å². The number of carbonyl (C=O) groups is 1. The number of fused-ring (bicyclic) bond motifs is 1. The number of rotatable bonds is 10. The molecule has 0 atom stereocenters. The number of aryl methyl sites for hydroxylation is 2. The first kappa shape index (κ1) is 31.0. The van der Waals surface area contributed by atoms with Gasteiger partial charge in [0.05, 0.1) is 19.2 Å². The summed E-state index contributed by atoms with van der Waals surface area (Å²) in [6.45, 7) is 3.55. The molecule has 4 aromatic rings. The van der Waals surface area contributed by atoms with Crippen molar-refractivity contribution in [3.8, 4) is 28.7 Å². The van der Waals surface area contributed by atoms with Gasteiger partial charge < -0.3 is 25.8 Å². The molecule has 0 aliphatic rings. The monoisotopic (exact) mass is 602 g/mol. The maximum atomic E-state index is 14.0. The lowest BCUT2D eigenvalue weighted by molar-refractivity contribution is -0.112.